The van der Waals surface area contributed by atoms with Gasteiger partial charge in [-0.2, -0.15) is 5.26 Å². The van der Waals surface area contributed by atoms with Gasteiger partial charge >= 0.3 is 0 Å². The number of thiazole rings is 1. The van der Waals surface area contributed by atoms with Crippen molar-refractivity contribution < 1.29 is 8.78 Å². The summed E-state index contributed by atoms with van der Waals surface area (Å²) in [7, 11) is 0. The first-order valence-corrected chi connectivity index (χ1v) is 6.46. The molecule has 0 saturated heterocycles. The van der Waals surface area contributed by atoms with Gasteiger partial charge in [0.25, 0.3) is 0 Å². The third-order valence-electron chi connectivity index (χ3n) is 2.48. The molecule has 0 saturated carbocycles. The zero-order valence-electron chi connectivity index (χ0n) is 10.2. The highest BCUT2D eigenvalue weighted by Gasteiger charge is 2.11. The van der Waals surface area contributed by atoms with E-state index in [2.05, 4.69) is 10.3 Å². The number of aromatic nitrogens is 1. The second kappa shape index (κ2) is 5.76. The van der Waals surface area contributed by atoms with Crippen LogP contribution in [0.1, 0.15) is 15.4 Å². The van der Waals surface area contributed by atoms with Crippen LogP contribution >= 0.6 is 11.3 Å². The van der Waals surface area contributed by atoms with Crippen molar-refractivity contribution in [3.63, 3.8) is 0 Å². The van der Waals surface area contributed by atoms with Crippen LogP contribution in [0.15, 0.2) is 18.3 Å². The van der Waals surface area contributed by atoms with E-state index in [9.17, 15) is 8.78 Å². The lowest BCUT2D eigenvalue weighted by molar-refractivity contribution is 0.587. The molecule has 19 heavy (non-hydrogen) atoms. The van der Waals surface area contributed by atoms with Gasteiger partial charge in [-0.3, -0.25) is 0 Å². The third-order valence-corrected chi connectivity index (χ3v) is 3.45. The van der Waals surface area contributed by atoms with E-state index in [0.717, 1.165) is 22.0 Å². The van der Waals surface area contributed by atoms with E-state index in [1.165, 1.54) is 0 Å². The summed E-state index contributed by atoms with van der Waals surface area (Å²) in [5.41, 5.74) is -0.233. The maximum absolute atomic E-state index is 13.6. The molecule has 1 aromatic heterocycles. The molecular weight excluding hydrogens is 268 g/mol. The molecule has 0 aliphatic carbocycles. The Bertz CT molecular complexity index is 608. The lowest BCUT2D eigenvalue weighted by Gasteiger charge is -2.08. The van der Waals surface area contributed by atoms with Crippen LogP contribution in [0, 0.1) is 29.9 Å². The van der Waals surface area contributed by atoms with E-state index in [1.54, 1.807) is 23.6 Å². The second-order valence-corrected chi connectivity index (χ2v) is 5.29. The number of nitrogens with one attached hydrogen (secondary N) is 1. The van der Waals surface area contributed by atoms with Crippen molar-refractivity contribution in [3.05, 3.63) is 45.4 Å². The molecule has 0 bridgehead atoms. The Morgan fingerprint density at radius 2 is 2.05 bits per heavy atom. The maximum Gasteiger partial charge on any atom is 0.150 e. The van der Waals surface area contributed by atoms with Crippen LogP contribution in [0.3, 0.4) is 0 Å². The van der Waals surface area contributed by atoms with Crippen molar-refractivity contribution >= 4 is 17.0 Å². The summed E-state index contributed by atoms with van der Waals surface area (Å²) in [6.45, 7) is 2.33. The first-order valence-electron chi connectivity index (χ1n) is 5.64. The van der Waals surface area contributed by atoms with Gasteiger partial charge in [0.2, 0.25) is 0 Å². The van der Waals surface area contributed by atoms with Crippen LogP contribution in [0.2, 0.25) is 0 Å². The number of anilines is 1. The molecule has 98 valence electrons. The van der Waals surface area contributed by atoms with Gasteiger partial charge in [-0.1, -0.05) is 0 Å². The number of hydrogen-bond donors (Lipinski definition) is 1. The topological polar surface area (TPSA) is 48.7 Å². The molecule has 0 radical (unpaired) electrons. The Labute approximate surface area is 113 Å². The van der Waals surface area contributed by atoms with Crippen molar-refractivity contribution in [1.82, 2.24) is 4.98 Å². The second-order valence-electron chi connectivity index (χ2n) is 3.97. The maximum atomic E-state index is 13.6. The predicted molar refractivity (Wildman–Crippen MR) is 70.1 cm³/mol. The standard InChI is InChI=1S/C13H11F2N3S/c1-8-7-18-12(19-8)2-3-17-13-10(14)4-9(6-16)5-11(13)15/h4-5,7,17H,2-3H2,1H3. The van der Waals surface area contributed by atoms with E-state index >= 15 is 0 Å². The summed E-state index contributed by atoms with van der Waals surface area (Å²) in [5.74, 6) is -1.52. The highest BCUT2D eigenvalue weighted by molar-refractivity contribution is 7.11. The number of halogens is 2. The normalized spacial score (nSPS) is 10.2. The molecule has 1 aromatic carbocycles. The van der Waals surface area contributed by atoms with Gasteiger partial charge in [0.15, 0.2) is 11.6 Å². The highest BCUT2D eigenvalue weighted by atomic mass is 32.1. The quantitative estimate of drug-likeness (QED) is 0.934. The monoisotopic (exact) mass is 279 g/mol. The Balaban J connectivity index is 2.02. The fraction of sp³-hybridized carbons (Fsp3) is 0.231. The number of hydrogen-bond acceptors (Lipinski definition) is 4. The fourth-order valence-electron chi connectivity index (χ4n) is 1.62. The minimum Gasteiger partial charge on any atom is -0.380 e. The molecule has 1 heterocycles. The summed E-state index contributed by atoms with van der Waals surface area (Å²) in [5, 5.41) is 12.2. The van der Waals surface area contributed by atoms with Crippen LogP contribution in [0.25, 0.3) is 0 Å². The van der Waals surface area contributed by atoms with E-state index in [4.69, 9.17) is 5.26 Å². The summed E-state index contributed by atoms with van der Waals surface area (Å²) >= 11 is 1.56. The van der Waals surface area contributed by atoms with Crippen molar-refractivity contribution in [2.24, 2.45) is 0 Å². The molecule has 2 aromatic rings. The molecule has 0 fully saturated rings. The predicted octanol–water partition coefficient (Wildman–Crippen LogP) is 3.26. The van der Waals surface area contributed by atoms with E-state index in [-0.39, 0.29) is 11.3 Å². The molecule has 0 atom stereocenters. The van der Waals surface area contributed by atoms with Gasteiger partial charge in [-0.25, -0.2) is 13.8 Å². The van der Waals surface area contributed by atoms with Crippen LogP contribution < -0.4 is 5.32 Å². The fourth-order valence-corrected chi connectivity index (χ4v) is 2.40. The molecule has 1 N–H and O–H groups in total. The number of nitriles is 1. The van der Waals surface area contributed by atoms with Gasteiger partial charge in [0.05, 0.1) is 16.6 Å². The minimum atomic E-state index is -0.758. The number of benzene rings is 1. The van der Waals surface area contributed by atoms with Crippen molar-refractivity contribution in [2.45, 2.75) is 13.3 Å². The first kappa shape index (κ1) is 13.4. The first-order chi connectivity index (χ1) is 9.10. The zero-order chi connectivity index (χ0) is 13.8. The number of rotatable bonds is 4. The van der Waals surface area contributed by atoms with Crippen LogP contribution in [0.4, 0.5) is 14.5 Å². The van der Waals surface area contributed by atoms with E-state index in [1.807, 2.05) is 6.92 Å². The molecule has 2 rings (SSSR count). The number of aryl methyl sites for hydroxylation is 1. The van der Waals surface area contributed by atoms with Gasteiger partial charge in [0.1, 0.15) is 5.69 Å². The molecule has 0 aliphatic rings. The SMILES string of the molecule is Cc1cnc(CCNc2c(F)cc(C#N)cc2F)s1. The average molecular weight is 279 g/mol. The Kier molecular flexibility index (Phi) is 4.07. The highest BCUT2D eigenvalue weighted by Crippen LogP contribution is 2.20. The molecule has 0 unspecified atom stereocenters. The third kappa shape index (κ3) is 3.26. The summed E-state index contributed by atoms with van der Waals surface area (Å²) in [6.07, 6.45) is 2.36. The largest absolute Gasteiger partial charge is 0.380 e. The Hall–Kier alpha value is -2.00. The minimum absolute atomic E-state index is 0.0314. The van der Waals surface area contributed by atoms with Crippen molar-refractivity contribution in [2.75, 3.05) is 11.9 Å². The summed E-state index contributed by atoms with van der Waals surface area (Å²) < 4.78 is 27.1. The Morgan fingerprint density at radius 3 is 2.58 bits per heavy atom. The van der Waals surface area contributed by atoms with Crippen molar-refractivity contribution in [1.29, 1.82) is 5.26 Å². The van der Waals surface area contributed by atoms with Gasteiger partial charge < -0.3 is 5.32 Å². The lowest BCUT2D eigenvalue weighted by Crippen LogP contribution is -2.08. The molecule has 0 aliphatic heterocycles. The summed E-state index contributed by atoms with van der Waals surface area (Å²) in [6, 6.07) is 3.73. The number of nitrogens with zero attached hydrogens (tertiary/aromatic N) is 2. The smallest absolute Gasteiger partial charge is 0.150 e. The zero-order valence-corrected chi connectivity index (χ0v) is 11.0. The van der Waals surface area contributed by atoms with Gasteiger partial charge in [-0.05, 0) is 19.1 Å². The van der Waals surface area contributed by atoms with E-state index < -0.39 is 11.6 Å². The Morgan fingerprint density at radius 1 is 1.37 bits per heavy atom. The molecule has 0 amide bonds. The summed E-state index contributed by atoms with van der Waals surface area (Å²) in [4.78, 5) is 5.27. The van der Waals surface area contributed by atoms with Gasteiger partial charge in [0, 0.05) is 24.0 Å². The molecule has 3 nitrogen and oxygen atoms in total. The molecular formula is C13H11F2N3S. The molecule has 6 heteroatoms. The average Bonchev–Trinajstić information content (AvgIpc) is 2.78. The van der Waals surface area contributed by atoms with Crippen molar-refractivity contribution in [3.8, 4) is 6.07 Å². The van der Waals surface area contributed by atoms with E-state index in [0.29, 0.717) is 13.0 Å². The van der Waals surface area contributed by atoms with Gasteiger partial charge in [-0.15, -0.1) is 11.3 Å². The van der Waals surface area contributed by atoms with Crippen LogP contribution in [-0.4, -0.2) is 11.5 Å². The molecule has 0 spiro atoms. The van der Waals surface area contributed by atoms with Crippen LogP contribution in [0.5, 0.6) is 0 Å². The lowest BCUT2D eigenvalue weighted by atomic mass is 10.2. The van der Waals surface area contributed by atoms with Crippen LogP contribution in [-0.2, 0) is 6.42 Å².